The van der Waals surface area contributed by atoms with Gasteiger partial charge in [0, 0.05) is 13.2 Å². The highest BCUT2D eigenvalue weighted by Crippen LogP contribution is 1.89. The minimum atomic E-state index is -0.541. The van der Waals surface area contributed by atoms with Crippen LogP contribution in [0.2, 0.25) is 0 Å². The fourth-order valence-corrected chi connectivity index (χ4v) is 0.982. The monoisotopic (exact) mass is 212 g/mol. The summed E-state index contributed by atoms with van der Waals surface area (Å²) >= 11 is 0. The number of nitrogen functional groups attached to an aromatic ring is 1. The van der Waals surface area contributed by atoms with Gasteiger partial charge in [-0.15, -0.1) is 0 Å². The Bertz CT molecular complexity index is 401. The van der Waals surface area contributed by atoms with Crippen molar-refractivity contribution in [3.05, 3.63) is 28.2 Å². The van der Waals surface area contributed by atoms with Crippen LogP contribution < -0.4 is 16.8 Å². The van der Waals surface area contributed by atoms with Crippen LogP contribution in [0.3, 0.4) is 0 Å². The summed E-state index contributed by atoms with van der Waals surface area (Å²) in [6.07, 6.45) is 0. The maximum atomic E-state index is 11.3. The molecule has 1 aromatic rings. The normalized spacial score (nSPS) is 10.0. The van der Waals surface area contributed by atoms with Gasteiger partial charge in [0.25, 0.3) is 11.5 Å². The fourth-order valence-electron chi connectivity index (χ4n) is 0.982. The number of rotatable bonds is 4. The first-order valence-corrected chi connectivity index (χ1v) is 4.27. The van der Waals surface area contributed by atoms with E-state index in [1.54, 1.807) is 0 Å². The molecule has 0 aromatic carbocycles. The molecule has 7 nitrogen and oxygen atoms in total. The molecule has 0 saturated carbocycles. The summed E-state index contributed by atoms with van der Waals surface area (Å²) < 4.78 is 5.95. The van der Waals surface area contributed by atoms with Crippen LogP contribution in [-0.4, -0.2) is 29.4 Å². The molecule has 0 bridgehead atoms. The van der Waals surface area contributed by atoms with Crippen molar-refractivity contribution in [2.24, 2.45) is 5.84 Å². The smallest absolute Gasteiger partial charge is 0.285 e. The third kappa shape index (κ3) is 2.86. The zero-order valence-electron chi connectivity index (χ0n) is 8.27. The summed E-state index contributed by atoms with van der Waals surface area (Å²) in [5.74, 6) is 4.40. The lowest BCUT2D eigenvalue weighted by Gasteiger charge is -2.04. The van der Waals surface area contributed by atoms with E-state index < -0.39 is 5.91 Å². The quantitative estimate of drug-likeness (QED) is 0.359. The number of ether oxygens (including phenoxy) is 1. The van der Waals surface area contributed by atoms with E-state index in [1.165, 1.54) is 19.2 Å². The topological polar surface area (TPSA) is 99.2 Å². The number of nitrogens with one attached hydrogen (secondary N) is 1. The van der Waals surface area contributed by atoms with E-state index >= 15 is 0 Å². The highest BCUT2D eigenvalue weighted by Gasteiger charge is 2.07. The van der Waals surface area contributed by atoms with E-state index in [2.05, 4.69) is 5.10 Å². The van der Waals surface area contributed by atoms with Gasteiger partial charge in [-0.25, -0.2) is 10.5 Å². The molecule has 0 unspecified atom stereocenters. The van der Waals surface area contributed by atoms with Gasteiger partial charge < -0.3 is 4.74 Å². The van der Waals surface area contributed by atoms with Crippen LogP contribution in [0.5, 0.6) is 0 Å². The summed E-state index contributed by atoms with van der Waals surface area (Å²) in [4.78, 5) is 22.4. The highest BCUT2D eigenvalue weighted by molar-refractivity contribution is 5.91. The van der Waals surface area contributed by atoms with Gasteiger partial charge in [-0.2, -0.15) is 5.10 Å². The number of hydrazine groups is 1. The molecule has 1 rings (SSSR count). The number of carbonyl (C=O) groups excluding carboxylic acids is 1. The zero-order chi connectivity index (χ0) is 11.3. The predicted octanol–water partition coefficient (Wildman–Crippen LogP) is -1.51. The summed E-state index contributed by atoms with van der Waals surface area (Å²) in [5.41, 5.74) is 1.74. The van der Waals surface area contributed by atoms with Crippen molar-refractivity contribution in [3.8, 4) is 0 Å². The van der Waals surface area contributed by atoms with E-state index in [4.69, 9.17) is 10.6 Å². The van der Waals surface area contributed by atoms with E-state index in [-0.39, 0.29) is 11.3 Å². The van der Waals surface area contributed by atoms with Crippen molar-refractivity contribution in [2.75, 3.05) is 13.7 Å². The van der Waals surface area contributed by atoms with Crippen molar-refractivity contribution < 1.29 is 9.53 Å². The molecule has 3 N–H and O–H groups in total. The number of hydrogen-bond acceptors (Lipinski definition) is 5. The molecule has 1 heterocycles. The maximum absolute atomic E-state index is 11.3. The second kappa shape index (κ2) is 5.23. The predicted molar refractivity (Wildman–Crippen MR) is 52.0 cm³/mol. The number of aromatic nitrogens is 2. The first-order chi connectivity index (χ1) is 7.19. The van der Waals surface area contributed by atoms with E-state index in [0.717, 1.165) is 4.68 Å². The molecule has 15 heavy (non-hydrogen) atoms. The first kappa shape index (κ1) is 11.3. The van der Waals surface area contributed by atoms with Crippen LogP contribution in [0.15, 0.2) is 16.9 Å². The van der Waals surface area contributed by atoms with Gasteiger partial charge in [0.15, 0.2) is 0 Å². The molecular weight excluding hydrogens is 200 g/mol. The van der Waals surface area contributed by atoms with Crippen molar-refractivity contribution in [3.63, 3.8) is 0 Å². The van der Waals surface area contributed by atoms with Gasteiger partial charge in [-0.3, -0.25) is 15.0 Å². The highest BCUT2D eigenvalue weighted by atomic mass is 16.5. The van der Waals surface area contributed by atoms with Crippen molar-refractivity contribution in [1.82, 2.24) is 15.2 Å². The second-order valence-corrected chi connectivity index (χ2v) is 2.75. The molecule has 0 atom stereocenters. The Morgan fingerprint density at radius 3 is 3.00 bits per heavy atom. The second-order valence-electron chi connectivity index (χ2n) is 2.75. The molecule has 0 radical (unpaired) electrons. The van der Waals surface area contributed by atoms with Gasteiger partial charge in [-0.1, -0.05) is 0 Å². The lowest BCUT2D eigenvalue weighted by Crippen LogP contribution is -2.33. The average Bonchev–Trinajstić information content (AvgIpc) is 2.27. The largest absolute Gasteiger partial charge is 0.383 e. The number of methoxy groups -OCH3 is 1. The minimum Gasteiger partial charge on any atom is -0.383 e. The van der Waals surface area contributed by atoms with Crippen LogP contribution in [-0.2, 0) is 11.3 Å². The van der Waals surface area contributed by atoms with Crippen LogP contribution in [0, 0.1) is 0 Å². The third-order valence-corrected chi connectivity index (χ3v) is 1.74. The molecule has 1 amide bonds. The lowest BCUT2D eigenvalue weighted by atomic mass is 10.4. The molecule has 0 aliphatic heterocycles. The number of nitrogens with two attached hydrogens (primary N) is 1. The van der Waals surface area contributed by atoms with E-state index in [0.29, 0.717) is 13.2 Å². The molecule has 0 aliphatic carbocycles. The molecule has 7 heteroatoms. The van der Waals surface area contributed by atoms with Gasteiger partial charge in [0.1, 0.15) is 5.69 Å². The molecular formula is C8H12N4O3. The number of amides is 1. The summed E-state index contributed by atoms with van der Waals surface area (Å²) in [7, 11) is 1.52. The third-order valence-electron chi connectivity index (χ3n) is 1.74. The Labute approximate surface area is 85.8 Å². The number of nitrogens with zero attached hydrogens (tertiary/aromatic N) is 2. The van der Waals surface area contributed by atoms with E-state index in [1.807, 2.05) is 5.43 Å². The van der Waals surface area contributed by atoms with Gasteiger partial charge in [0.2, 0.25) is 0 Å². The molecule has 82 valence electrons. The first-order valence-electron chi connectivity index (χ1n) is 4.27. The molecule has 0 fully saturated rings. The molecule has 0 saturated heterocycles. The lowest BCUT2D eigenvalue weighted by molar-refractivity contribution is 0.0945. The van der Waals surface area contributed by atoms with Crippen molar-refractivity contribution in [1.29, 1.82) is 0 Å². The van der Waals surface area contributed by atoms with Crippen molar-refractivity contribution >= 4 is 5.91 Å². The summed E-state index contributed by atoms with van der Waals surface area (Å²) in [6, 6.07) is 2.57. The Balaban J connectivity index is 2.95. The van der Waals surface area contributed by atoms with Crippen LogP contribution in [0.25, 0.3) is 0 Å². The van der Waals surface area contributed by atoms with Crippen LogP contribution >= 0.6 is 0 Å². The Kier molecular flexibility index (Phi) is 3.95. The van der Waals surface area contributed by atoms with Gasteiger partial charge in [0.05, 0.1) is 13.2 Å². The van der Waals surface area contributed by atoms with Gasteiger partial charge in [-0.05, 0) is 6.07 Å². The Morgan fingerprint density at radius 2 is 2.40 bits per heavy atom. The van der Waals surface area contributed by atoms with E-state index in [9.17, 15) is 9.59 Å². The average molecular weight is 212 g/mol. The van der Waals surface area contributed by atoms with Gasteiger partial charge >= 0.3 is 0 Å². The summed E-state index contributed by atoms with van der Waals surface area (Å²) in [6.45, 7) is 0.641. The number of carbonyl (C=O) groups is 1. The molecule has 0 aliphatic rings. The number of hydrogen-bond donors (Lipinski definition) is 2. The standard InChI is InChI=1S/C8H12N4O3/c1-15-5-4-12-7(13)3-2-6(11-12)8(14)10-9/h2-3H,4-5,9H2,1H3,(H,10,14). The van der Waals surface area contributed by atoms with Crippen LogP contribution in [0.1, 0.15) is 10.5 Å². The molecule has 0 spiro atoms. The van der Waals surface area contributed by atoms with Crippen molar-refractivity contribution in [2.45, 2.75) is 6.54 Å². The minimum absolute atomic E-state index is 0.0909. The Hall–Kier alpha value is -1.73. The fraction of sp³-hybridized carbons (Fsp3) is 0.375. The zero-order valence-corrected chi connectivity index (χ0v) is 8.27. The maximum Gasteiger partial charge on any atom is 0.285 e. The Morgan fingerprint density at radius 1 is 1.67 bits per heavy atom. The SMILES string of the molecule is COCCn1nc(C(=O)NN)ccc1=O. The summed E-state index contributed by atoms with van der Waals surface area (Å²) in [5, 5.41) is 3.81. The molecule has 1 aromatic heterocycles. The van der Waals surface area contributed by atoms with Crippen LogP contribution in [0.4, 0.5) is 0 Å².